The second-order valence-corrected chi connectivity index (χ2v) is 5.89. The Hall–Kier alpha value is -0.900. The van der Waals surface area contributed by atoms with Gasteiger partial charge in [0.05, 0.1) is 9.90 Å². The third-order valence-corrected chi connectivity index (χ3v) is 4.44. The Bertz CT molecular complexity index is 563. The van der Waals surface area contributed by atoms with Crippen LogP contribution in [0.15, 0.2) is 29.6 Å². The number of rotatable bonds is 4. The molecular formula is C14H13ClFNS. The molecule has 1 saturated carbocycles. The van der Waals surface area contributed by atoms with Crippen LogP contribution in [0.3, 0.4) is 0 Å². The highest BCUT2D eigenvalue weighted by Gasteiger charge is 2.20. The van der Waals surface area contributed by atoms with E-state index in [2.05, 4.69) is 5.32 Å². The lowest BCUT2D eigenvalue weighted by molar-refractivity contribution is 0.628. The van der Waals surface area contributed by atoms with E-state index in [-0.39, 0.29) is 5.82 Å². The number of hydrogen-bond acceptors (Lipinski definition) is 2. The van der Waals surface area contributed by atoms with Crippen LogP contribution in [0.1, 0.15) is 18.4 Å². The van der Waals surface area contributed by atoms with Crippen molar-refractivity contribution in [3.63, 3.8) is 0 Å². The molecule has 0 saturated heterocycles. The summed E-state index contributed by atoms with van der Waals surface area (Å²) in [5, 5.41) is 5.93. The number of nitrogens with one attached hydrogen (secondary N) is 1. The summed E-state index contributed by atoms with van der Waals surface area (Å²) in [6, 6.07) is 7.70. The largest absolute Gasteiger partial charge is 0.310 e. The quantitative estimate of drug-likeness (QED) is 0.872. The van der Waals surface area contributed by atoms with Gasteiger partial charge < -0.3 is 5.32 Å². The second kappa shape index (κ2) is 5.00. The van der Waals surface area contributed by atoms with Gasteiger partial charge in [0.2, 0.25) is 0 Å². The van der Waals surface area contributed by atoms with Crippen LogP contribution in [-0.2, 0) is 6.54 Å². The smallest absolute Gasteiger partial charge is 0.131 e. The Morgan fingerprint density at radius 3 is 2.83 bits per heavy atom. The molecule has 1 aliphatic carbocycles. The van der Waals surface area contributed by atoms with Gasteiger partial charge in [0.25, 0.3) is 0 Å². The normalized spacial score (nSPS) is 15.0. The monoisotopic (exact) mass is 281 g/mol. The molecule has 4 heteroatoms. The molecular weight excluding hydrogens is 269 g/mol. The van der Waals surface area contributed by atoms with Crippen LogP contribution in [0.4, 0.5) is 4.39 Å². The van der Waals surface area contributed by atoms with E-state index in [9.17, 15) is 4.39 Å². The summed E-state index contributed by atoms with van der Waals surface area (Å²) in [4.78, 5) is 0.808. The van der Waals surface area contributed by atoms with Gasteiger partial charge in [-0.3, -0.25) is 0 Å². The van der Waals surface area contributed by atoms with E-state index in [1.54, 1.807) is 6.07 Å². The summed E-state index contributed by atoms with van der Waals surface area (Å²) in [7, 11) is 0. The average Bonchev–Trinajstić information content (AvgIpc) is 3.10. The van der Waals surface area contributed by atoms with Crippen molar-refractivity contribution in [3.8, 4) is 10.4 Å². The van der Waals surface area contributed by atoms with E-state index in [1.165, 1.54) is 30.2 Å². The number of halogens is 2. The molecule has 1 fully saturated rings. The fourth-order valence-corrected chi connectivity index (χ4v) is 3.07. The van der Waals surface area contributed by atoms with Crippen molar-refractivity contribution in [2.45, 2.75) is 25.4 Å². The van der Waals surface area contributed by atoms with Gasteiger partial charge in [0, 0.05) is 18.2 Å². The lowest BCUT2D eigenvalue weighted by atomic mass is 10.1. The maximum Gasteiger partial charge on any atom is 0.131 e. The van der Waals surface area contributed by atoms with E-state index in [0.29, 0.717) is 16.6 Å². The molecule has 0 aliphatic heterocycles. The summed E-state index contributed by atoms with van der Waals surface area (Å²) >= 11 is 7.53. The van der Waals surface area contributed by atoms with E-state index in [1.807, 2.05) is 17.5 Å². The topological polar surface area (TPSA) is 12.0 Å². The molecule has 0 atom stereocenters. The van der Waals surface area contributed by atoms with Crippen LogP contribution in [0.5, 0.6) is 0 Å². The lowest BCUT2D eigenvalue weighted by Crippen LogP contribution is -2.15. The first kappa shape index (κ1) is 12.2. The van der Waals surface area contributed by atoms with Crippen LogP contribution in [0, 0.1) is 5.82 Å². The minimum absolute atomic E-state index is 0.213. The zero-order valence-electron chi connectivity index (χ0n) is 9.75. The highest BCUT2D eigenvalue weighted by molar-refractivity contribution is 7.14. The van der Waals surface area contributed by atoms with Crippen LogP contribution in [0.2, 0.25) is 5.02 Å². The Morgan fingerprint density at radius 1 is 1.33 bits per heavy atom. The van der Waals surface area contributed by atoms with Crippen molar-refractivity contribution in [3.05, 3.63) is 46.0 Å². The van der Waals surface area contributed by atoms with Gasteiger partial charge >= 0.3 is 0 Å². The van der Waals surface area contributed by atoms with Crippen LogP contribution >= 0.6 is 22.9 Å². The first-order chi connectivity index (χ1) is 8.74. The Labute approximate surface area is 115 Å². The summed E-state index contributed by atoms with van der Waals surface area (Å²) in [5.41, 5.74) is 1.70. The Morgan fingerprint density at radius 2 is 2.17 bits per heavy atom. The maximum atomic E-state index is 13.9. The molecule has 3 rings (SSSR count). The molecule has 0 amide bonds. The van der Waals surface area contributed by atoms with Crippen LogP contribution in [0.25, 0.3) is 10.4 Å². The highest BCUT2D eigenvalue weighted by atomic mass is 35.5. The van der Waals surface area contributed by atoms with Gasteiger partial charge in [-0.25, -0.2) is 4.39 Å². The standard InChI is InChI=1S/C14H13ClFNS/c15-12-5-6-18-14(12)11-7-9(1-4-13(11)16)8-17-10-2-3-10/h1,4-7,10,17H,2-3,8H2. The molecule has 1 nitrogen and oxygen atoms in total. The van der Waals surface area contributed by atoms with Gasteiger partial charge in [0.1, 0.15) is 5.82 Å². The van der Waals surface area contributed by atoms with Crippen molar-refractivity contribution in [2.75, 3.05) is 0 Å². The summed E-state index contributed by atoms with van der Waals surface area (Å²) in [6.07, 6.45) is 2.51. The van der Waals surface area contributed by atoms with Gasteiger partial charge in [0.15, 0.2) is 0 Å². The van der Waals surface area contributed by atoms with Crippen molar-refractivity contribution in [2.24, 2.45) is 0 Å². The summed E-state index contributed by atoms with van der Waals surface area (Å²) in [6.45, 7) is 0.793. The third kappa shape index (κ3) is 2.58. The first-order valence-electron chi connectivity index (χ1n) is 5.99. The molecule has 18 heavy (non-hydrogen) atoms. The molecule has 0 radical (unpaired) electrons. The van der Waals surface area contributed by atoms with E-state index in [0.717, 1.165) is 17.0 Å². The molecule has 1 heterocycles. The SMILES string of the molecule is Fc1ccc(CNC2CC2)cc1-c1sccc1Cl. The van der Waals surface area contributed by atoms with Gasteiger partial charge in [-0.05, 0) is 42.0 Å². The Balaban J connectivity index is 1.87. The average molecular weight is 282 g/mol. The number of benzene rings is 1. The number of hydrogen-bond donors (Lipinski definition) is 1. The maximum absolute atomic E-state index is 13.9. The van der Waals surface area contributed by atoms with Crippen molar-refractivity contribution >= 4 is 22.9 Å². The predicted molar refractivity (Wildman–Crippen MR) is 74.6 cm³/mol. The molecule has 1 aromatic carbocycles. The minimum Gasteiger partial charge on any atom is -0.310 e. The van der Waals surface area contributed by atoms with Crippen LogP contribution in [-0.4, -0.2) is 6.04 Å². The van der Waals surface area contributed by atoms with Gasteiger partial charge in [-0.15, -0.1) is 11.3 Å². The van der Waals surface area contributed by atoms with Gasteiger partial charge in [-0.2, -0.15) is 0 Å². The highest BCUT2D eigenvalue weighted by Crippen LogP contribution is 2.35. The van der Waals surface area contributed by atoms with Crippen molar-refractivity contribution < 1.29 is 4.39 Å². The summed E-state index contributed by atoms with van der Waals surface area (Å²) in [5.74, 6) is -0.213. The van der Waals surface area contributed by atoms with Gasteiger partial charge in [-0.1, -0.05) is 17.7 Å². The zero-order chi connectivity index (χ0) is 12.5. The van der Waals surface area contributed by atoms with Crippen molar-refractivity contribution in [1.82, 2.24) is 5.32 Å². The van der Waals surface area contributed by atoms with E-state index < -0.39 is 0 Å². The molecule has 0 bridgehead atoms. The molecule has 2 aromatic rings. The van der Waals surface area contributed by atoms with E-state index >= 15 is 0 Å². The summed E-state index contributed by atoms with van der Waals surface area (Å²) < 4.78 is 13.9. The first-order valence-corrected chi connectivity index (χ1v) is 7.25. The Kier molecular flexibility index (Phi) is 3.37. The zero-order valence-corrected chi connectivity index (χ0v) is 11.3. The lowest BCUT2D eigenvalue weighted by Gasteiger charge is -2.07. The molecule has 0 unspecified atom stereocenters. The molecule has 0 spiro atoms. The minimum atomic E-state index is -0.213. The third-order valence-electron chi connectivity index (χ3n) is 3.06. The second-order valence-electron chi connectivity index (χ2n) is 4.57. The molecule has 1 N–H and O–H groups in total. The molecule has 1 aromatic heterocycles. The fraction of sp³-hybridized carbons (Fsp3) is 0.286. The van der Waals surface area contributed by atoms with Crippen molar-refractivity contribution in [1.29, 1.82) is 0 Å². The fourth-order valence-electron chi connectivity index (χ4n) is 1.89. The predicted octanol–water partition coefficient (Wildman–Crippen LogP) is 4.46. The van der Waals surface area contributed by atoms with Crippen LogP contribution < -0.4 is 5.32 Å². The molecule has 1 aliphatic rings. The molecule has 94 valence electrons. The van der Waals surface area contributed by atoms with E-state index in [4.69, 9.17) is 11.6 Å². The number of thiophene rings is 1.